The predicted octanol–water partition coefficient (Wildman–Crippen LogP) is 2.24. The van der Waals surface area contributed by atoms with Crippen LogP contribution in [0.5, 0.6) is 0 Å². The van der Waals surface area contributed by atoms with Crippen LogP contribution in [0.3, 0.4) is 0 Å². The molecule has 1 heteroatoms. The molecule has 0 aliphatic carbocycles. The van der Waals surface area contributed by atoms with Crippen molar-refractivity contribution in [2.45, 2.75) is 31.8 Å². The zero-order valence-electron chi connectivity index (χ0n) is 5.12. The van der Waals surface area contributed by atoms with E-state index in [0.717, 1.165) is 5.16 Å². The third-order valence-corrected chi connectivity index (χ3v) is 3.39. The Morgan fingerprint density at radius 1 is 1.43 bits per heavy atom. The van der Waals surface area contributed by atoms with Gasteiger partial charge in [0, 0.05) is 0 Å². The first-order valence-electron chi connectivity index (χ1n) is 2.96. The summed E-state index contributed by atoms with van der Waals surface area (Å²) >= 11 is 0. The van der Waals surface area contributed by atoms with Crippen LogP contribution in [0.1, 0.15) is 26.7 Å². The summed E-state index contributed by atoms with van der Waals surface area (Å²) in [6, 6.07) is 0. The number of hydrogen-bond donors (Lipinski definition) is 0. The third kappa shape index (κ3) is 1.42. The lowest BCUT2D eigenvalue weighted by atomic mass is 10.1. The van der Waals surface area contributed by atoms with Crippen molar-refractivity contribution < 1.29 is 0 Å². The van der Waals surface area contributed by atoms with E-state index in [2.05, 4.69) is 13.8 Å². The minimum atomic E-state index is 0.722. The highest BCUT2D eigenvalue weighted by molar-refractivity contribution is 7.40. The molecule has 1 atom stereocenters. The van der Waals surface area contributed by atoms with Crippen molar-refractivity contribution in [2.75, 3.05) is 6.16 Å². The van der Waals surface area contributed by atoms with Gasteiger partial charge in [0.15, 0.2) is 0 Å². The molecule has 0 spiro atoms. The van der Waals surface area contributed by atoms with Gasteiger partial charge in [0.05, 0.1) is 0 Å². The van der Waals surface area contributed by atoms with Crippen LogP contribution in [0.25, 0.3) is 0 Å². The van der Waals surface area contributed by atoms with Gasteiger partial charge in [0.25, 0.3) is 0 Å². The van der Waals surface area contributed by atoms with Gasteiger partial charge in [0.2, 0.25) is 0 Å². The van der Waals surface area contributed by atoms with E-state index in [-0.39, 0.29) is 0 Å². The molecule has 0 aromatic heterocycles. The summed E-state index contributed by atoms with van der Waals surface area (Å²) in [5, 5.41) is 0.722. The first-order valence-corrected chi connectivity index (χ1v) is 4.16. The molecule has 0 saturated carbocycles. The molecule has 0 nitrogen and oxygen atoms in total. The van der Waals surface area contributed by atoms with E-state index >= 15 is 0 Å². The minimum Gasteiger partial charge on any atom is -0.116 e. The average molecular weight is 116 g/mol. The highest BCUT2D eigenvalue weighted by Gasteiger charge is 2.21. The molecule has 1 saturated heterocycles. The first-order chi connectivity index (χ1) is 3.21. The van der Waals surface area contributed by atoms with Crippen molar-refractivity contribution in [3.63, 3.8) is 0 Å². The lowest BCUT2D eigenvalue weighted by Crippen LogP contribution is -2.04. The van der Waals surface area contributed by atoms with Crippen molar-refractivity contribution in [2.24, 2.45) is 0 Å². The second kappa shape index (κ2) is 1.74. The molecule has 1 unspecified atom stereocenters. The Morgan fingerprint density at radius 3 is 2.29 bits per heavy atom. The molecule has 1 fully saturated rings. The van der Waals surface area contributed by atoms with Gasteiger partial charge in [-0.2, -0.15) is 0 Å². The number of hydrogen-bond acceptors (Lipinski definition) is 0. The fourth-order valence-corrected chi connectivity index (χ4v) is 2.43. The van der Waals surface area contributed by atoms with Crippen molar-refractivity contribution in [1.29, 1.82) is 0 Å². The van der Waals surface area contributed by atoms with E-state index in [1.54, 1.807) is 0 Å². The van der Waals surface area contributed by atoms with Crippen molar-refractivity contribution in [1.82, 2.24) is 0 Å². The van der Waals surface area contributed by atoms with Crippen LogP contribution >= 0.6 is 8.58 Å². The van der Waals surface area contributed by atoms with E-state index < -0.39 is 0 Å². The van der Waals surface area contributed by atoms with Crippen molar-refractivity contribution in [3.05, 3.63) is 0 Å². The molecular formula is C6H13P. The standard InChI is InChI=1S/C6H13P/c1-6(2)4-3-5-7-6/h7H,3-5H2,1-2H3. The molecule has 0 N–H and O–H groups in total. The van der Waals surface area contributed by atoms with Crippen LogP contribution in [0.4, 0.5) is 0 Å². The lowest BCUT2D eigenvalue weighted by Gasteiger charge is -2.13. The molecule has 0 aromatic rings. The van der Waals surface area contributed by atoms with Crippen molar-refractivity contribution in [3.8, 4) is 0 Å². The van der Waals surface area contributed by atoms with Gasteiger partial charge in [0.1, 0.15) is 0 Å². The maximum absolute atomic E-state index is 2.37. The van der Waals surface area contributed by atoms with E-state index in [1.807, 2.05) is 0 Å². The number of rotatable bonds is 0. The predicted molar refractivity (Wildman–Crippen MR) is 36.5 cm³/mol. The first kappa shape index (κ1) is 5.56. The molecule has 1 aliphatic rings. The van der Waals surface area contributed by atoms with E-state index in [4.69, 9.17) is 0 Å². The van der Waals surface area contributed by atoms with Gasteiger partial charge in [-0.25, -0.2) is 0 Å². The Bertz CT molecular complexity index is 58.6. The lowest BCUT2D eigenvalue weighted by molar-refractivity contribution is 0.661. The molecule has 0 amide bonds. The molecule has 7 heavy (non-hydrogen) atoms. The van der Waals surface area contributed by atoms with Crippen LogP contribution in [0, 0.1) is 0 Å². The molecule has 0 aromatic carbocycles. The van der Waals surface area contributed by atoms with Crippen LogP contribution in [0.2, 0.25) is 0 Å². The monoisotopic (exact) mass is 116 g/mol. The van der Waals surface area contributed by atoms with E-state index in [1.165, 1.54) is 27.6 Å². The summed E-state index contributed by atoms with van der Waals surface area (Å²) in [5.74, 6) is 0. The summed E-state index contributed by atoms with van der Waals surface area (Å²) in [4.78, 5) is 0. The minimum absolute atomic E-state index is 0.722. The molecule has 42 valence electrons. The Balaban J connectivity index is 2.40. The summed E-state index contributed by atoms with van der Waals surface area (Å²) < 4.78 is 0. The Hall–Kier alpha value is 0.430. The molecular weight excluding hydrogens is 103 g/mol. The zero-order chi connectivity index (χ0) is 5.33. The highest BCUT2D eigenvalue weighted by Crippen LogP contribution is 2.42. The molecule has 0 bridgehead atoms. The molecule has 1 aliphatic heterocycles. The summed E-state index contributed by atoms with van der Waals surface area (Å²) in [7, 11) is 1.24. The smallest absolute Gasteiger partial charge is 0.0178 e. The summed E-state index contributed by atoms with van der Waals surface area (Å²) in [6.07, 6.45) is 4.43. The quantitative estimate of drug-likeness (QED) is 0.426. The SMILES string of the molecule is CC1(C)CCCP1. The third-order valence-electron chi connectivity index (χ3n) is 1.58. The second-order valence-corrected chi connectivity index (χ2v) is 5.12. The van der Waals surface area contributed by atoms with Crippen molar-refractivity contribution >= 4 is 8.58 Å². The van der Waals surface area contributed by atoms with Gasteiger partial charge in [-0.1, -0.05) is 13.8 Å². The van der Waals surface area contributed by atoms with Gasteiger partial charge in [-0.3, -0.25) is 0 Å². The maximum atomic E-state index is 2.37. The molecule has 1 rings (SSSR count). The topological polar surface area (TPSA) is 0 Å². The highest BCUT2D eigenvalue weighted by atomic mass is 31.1. The normalized spacial score (nSPS) is 31.7. The van der Waals surface area contributed by atoms with E-state index in [0.29, 0.717) is 0 Å². The Morgan fingerprint density at radius 2 is 2.14 bits per heavy atom. The van der Waals surface area contributed by atoms with Gasteiger partial charge >= 0.3 is 0 Å². The Labute approximate surface area is 47.5 Å². The van der Waals surface area contributed by atoms with Gasteiger partial charge in [-0.05, 0) is 24.2 Å². The second-order valence-electron chi connectivity index (χ2n) is 2.91. The summed E-state index contributed by atoms with van der Waals surface area (Å²) in [5.41, 5.74) is 0. The van der Waals surface area contributed by atoms with Gasteiger partial charge < -0.3 is 0 Å². The van der Waals surface area contributed by atoms with Crippen LogP contribution in [0.15, 0.2) is 0 Å². The van der Waals surface area contributed by atoms with Crippen LogP contribution in [-0.4, -0.2) is 11.3 Å². The van der Waals surface area contributed by atoms with Crippen LogP contribution in [-0.2, 0) is 0 Å². The fraction of sp³-hybridized carbons (Fsp3) is 1.00. The van der Waals surface area contributed by atoms with Crippen LogP contribution < -0.4 is 0 Å². The largest absolute Gasteiger partial charge is 0.116 e. The van der Waals surface area contributed by atoms with Gasteiger partial charge in [-0.15, -0.1) is 8.58 Å². The van der Waals surface area contributed by atoms with E-state index in [9.17, 15) is 0 Å². The maximum Gasteiger partial charge on any atom is -0.0178 e. The molecule has 0 radical (unpaired) electrons. The average Bonchev–Trinajstić information content (AvgIpc) is 1.84. The summed E-state index contributed by atoms with van der Waals surface area (Å²) in [6.45, 7) is 4.75. The fourth-order valence-electron chi connectivity index (χ4n) is 1.05. The zero-order valence-corrected chi connectivity index (χ0v) is 6.12. The molecule has 1 heterocycles. The Kier molecular flexibility index (Phi) is 1.39.